The van der Waals surface area contributed by atoms with Crippen LogP contribution in [0.15, 0.2) is 52.6 Å². The third-order valence-electron chi connectivity index (χ3n) is 9.27. The van der Waals surface area contributed by atoms with Crippen LogP contribution in [-0.2, 0) is 11.3 Å². The Bertz CT molecular complexity index is 1550. The van der Waals surface area contributed by atoms with Gasteiger partial charge < -0.3 is 29.7 Å². The molecule has 7 rings (SSSR count). The third kappa shape index (κ3) is 5.78. The highest BCUT2D eigenvalue weighted by Crippen LogP contribution is 2.38. The molecule has 0 unspecified atom stereocenters. The standard InChI is InChI=1S/C33H37Cl2N5O3/c1-19-20(2)43-38-32(19)42-26-12-13-39(18-26)24-8-6-21(7-9-24)27-14-23-15-36-16-29(37-23)30(27)33(41)40(25-10-11-25)17-22-4-3-5-28(34)31(22)35/h3-9,23,25-26,29,36-37H,10-18H2,1-2H3/t23-,26+,29-/m0/s1. The number of amides is 1. The third-order valence-corrected chi connectivity index (χ3v) is 10.1. The summed E-state index contributed by atoms with van der Waals surface area (Å²) in [5, 5.41) is 12.4. The average molecular weight is 623 g/mol. The molecule has 0 radical (unpaired) electrons. The van der Waals surface area contributed by atoms with Gasteiger partial charge in [-0.25, -0.2) is 0 Å². The molecule has 226 valence electrons. The number of carbonyl (C=O) groups excluding carboxylic acids is 1. The van der Waals surface area contributed by atoms with Crippen LogP contribution >= 0.6 is 23.2 Å². The summed E-state index contributed by atoms with van der Waals surface area (Å²) in [5.74, 6) is 1.47. The maximum atomic E-state index is 14.4. The molecule has 3 fully saturated rings. The predicted octanol–water partition coefficient (Wildman–Crippen LogP) is 5.53. The van der Waals surface area contributed by atoms with Gasteiger partial charge >= 0.3 is 0 Å². The van der Waals surface area contributed by atoms with E-state index in [1.54, 1.807) is 6.07 Å². The molecule has 43 heavy (non-hydrogen) atoms. The van der Waals surface area contributed by atoms with E-state index in [0.717, 1.165) is 91.1 Å². The topological polar surface area (TPSA) is 82.9 Å². The number of hydrogen-bond acceptors (Lipinski definition) is 7. The van der Waals surface area contributed by atoms with Crippen LogP contribution in [0.4, 0.5) is 5.69 Å². The fraction of sp³-hybridized carbons (Fsp3) is 0.455. The number of piperazine rings is 1. The van der Waals surface area contributed by atoms with Gasteiger partial charge in [-0.1, -0.05) is 47.5 Å². The summed E-state index contributed by atoms with van der Waals surface area (Å²) in [4.78, 5) is 18.8. The lowest BCUT2D eigenvalue weighted by Crippen LogP contribution is -2.60. The normalized spacial score (nSPS) is 23.5. The van der Waals surface area contributed by atoms with Crippen LogP contribution in [0.3, 0.4) is 0 Å². The summed E-state index contributed by atoms with van der Waals surface area (Å²) in [5.41, 5.74) is 6.12. The molecular weight excluding hydrogens is 585 g/mol. The van der Waals surface area contributed by atoms with E-state index in [1.807, 2.05) is 30.9 Å². The zero-order valence-corrected chi connectivity index (χ0v) is 26.0. The SMILES string of the molecule is Cc1onc(O[C@@H]2CCN(c3ccc(C4=C(C(=O)N(Cc5cccc(Cl)c5Cl)C5CC5)[C@@H]5CNC[C@H](C4)N5)cc3)C2)c1C. The second-order valence-corrected chi connectivity index (χ2v) is 13.0. The molecule has 3 aliphatic heterocycles. The molecule has 8 nitrogen and oxygen atoms in total. The molecular formula is C33H37Cl2N5O3. The first kappa shape index (κ1) is 28.7. The lowest BCUT2D eigenvalue weighted by Gasteiger charge is -2.41. The van der Waals surface area contributed by atoms with Gasteiger partial charge in [0.1, 0.15) is 11.9 Å². The number of hydrogen-bond donors (Lipinski definition) is 2. The molecule has 2 aromatic carbocycles. The number of carbonyl (C=O) groups is 1. The van der Waals surface area contributed by atoms with Crippen LogP contribution in [0.5, 0.6) is 5.88 Å². The molecule has 4 aliphatic rings. The largest absolute Gasteiger partial charge is 0.470 e. The molecule has 4 heterocycles. The number of halogens is 2. The smallest absolute Gasteiger partial charge is 0.257 e. The van der Waals surface area contributed by atoms with Crippen molar-refractivity contribution in [2.45, 2.75) is 70.3 Å². The Balaban J connectivity index is 1.14. The van der Waals surface area contributed by atoms with Gasteiger partial charge in [-0.3, -0.25) is 4.79 Å². The zero-order chi connectivity index (χ0) is 29.7. The van der Waals surface area contributed by atoms with E-state index in [0.29, 0.717) is 28.5 Å². The van der Waals surface area contributed by atoms with Crippen LogP contribution in [0, 0.1) is 13.8 Å². The number of nitrogens with zero attached hydrogens (tertiary/aromatic N) is 3. The first-order valence-corrected chi connectivity index (χ1v) is 16.0. The molecule has 1 aromatic heterocycles. The van der Waals surface area contributed by atoms with E-state index in [4.69, 9.17) is 32.5 Å². The van der Waals surface area contributed by atoms with Crippen molar-refractivity contribution in [2.75, 3.05) is 31.1 Å². The van der Waals surface area contributed by atoms with Crippen LogP contribution in [0.1, 0.15) is 48.1 Å². The Hall–Kier alpha value is -3.04. The summed E-state index contributed by atoms with van der Waals surface area (Å²) in [7, 11) is 0. The fourth-order valence-corrected chi connectivity index (χ4v) is 6.98. The monoisotopic (exact) mass is 621 g/mol. The number of anilines is 1. The van der Waals surface area contributed by atoms with Crippen LogP contribution in [-0.4, -0.2) is 66.4 Å². The molecule has 3 aromatic rings. The number of fused-ring (bicyclic) bond motifs is 2. The summed E-state index contributed by atoms with van der Waals surface area (Å²) >= 11 is 12.9. The maximum Gasteiger partial charge on any atom is 0.257 e. The Labute approximate surface area is 262 Å². The van der Waals surface area contributed by atoms with Crippen molar-refractivity contribution >= 4 is 40.4 Å². The minimum atomic E-state index is -0.0362. The van der Waals surface area contributed by atoms with E-state index in [1.165, 1.54) is 0 Å². The quantitative estimate of drug-likeness (QED) is 0.342. The van der Waals surface area contributed by atoms with Gasteiger partial charge in [-0.15, -0.1) is 0 Å². The van der Waals surface area contributed by atoms with Crippen molar-refractivity contribution in [3.8, 4) is 5.88 Å². The second-order valence-electron chi connectivity index (χ2n) is 12.2. The lowest BCUT2D eigenvalue weighted by molar-refractivity contribution is -0.128. The van der Waals surface area contributed by atoms with E-state index >= 15 is 0 Å². The van der Waals surface area contributed by atoms with Crippen LogP contribution < -0.4 is 20.3 Å². The highest BCUT2D eigenvalue weighted by atomic mass is 35.5. The molecule has 1 amide bonds. The Morgan fingerprint density at radius 2 is 1.93 bits per heavy atom. The van der Waals surface area contributed by atoms with Gasteiger partial charge in [-0.2, -0.15) is 0 Å². The molecule has 10 heteroatoms. The molecule has 0 spiro atoms. The van der Waals surface area contributed by atoms with Gasteiger partial charge in [0.2, 0.25) is 0 Å². The number of benzene rings is 2. The van der Waals surface area contributed by atoms with Crippen molar-refractivity contribution in [3.63, 3.8) is 0 Å². The van der Waals surface area contributed by atoms with Crippen LogP contribution in [0.25, 0.3) is 5.57 Å². The van der Waals surface area contributed by atoms with Gasteiger partial charge in [0.25, 0.3) is 11.8 Å². The Kier molecular flexibility index (Phi) is 7.88. The maximum absolute atomic E-state index is 14.4. The molecule has 3 atom stereocenters. The first-order chi connectivity index (χ1) is 20.9. The van der Waals surface area contributed by atoms with Crippen molar-refractivity contribution in [2.24, 2.45) is 0 Å². The Morgan fingerprint density at radius 1 is 1.12 bits per heavy atom. The van der Waals surface area contributed by atoms with Crippen LogP contribution in [0.2, 0.25) is 10.0 Å². The Morgan fingerprint density at radius 3 is 2.67 bits per heavy atom. The summed E-state index contributed by atoms with van der Waals surface area (Å²) in [6.45, 7) is 7.65. The number of rotatable bonds is 8. The van der Waals surface area contributed by atoms with E-state index in [-0.39, 0.29) is 24.1 Å². The molecule has 1 aliphatic carbocycles. The van der Waals surface area contributed by atoms with Gasteiger partial charge in [0, 0.05) is 55.9 Å². The summed E-state index contributed by atoms with van der Waals surface area (Å²) in [6.07, 6.45) is 3.81. The minimum Gasteiger partial charge on any atom is -0.470 e. The van der Waals surface area contributed by atoms with Gasteiger partial charge in [0.15, 0.2) is 0 Å². The number of aryl methyl sites for hydroxylation is 1. The highest BCUT2D eigenvalue weighted by Gasteiger charge is 2.41. The van der Waals surface area contributed by atoms with Crippen molar-refractivity contribution in [1.29, 1.82) is 0 Å². The number of nitrogens with one attached hydrogen (secondary N) is 2. The minimum absolute atomic E-state index is 0.0362. The lowest BCUT2D eigenvalue weighted by atomic mass is 9.83. The highest BCUT2D eigenvalue weighted by molar-refractivity contribution is 6.42. The number of ether oxygens (including phenoxy) is 1. The zero-order valence-electron chi connectivity index (χ0n) is 24.5. The molecule has 2 bridgehead atoms. The van der Waals surface area contributed by atoms with Crippen molar-refractivity contribution in [1.82, 2.24) is 20.7 Å². The predicted molar refractivity (Wildman–Crippen MR) is 169 cm³/mol. The summed E-state index contributed by atoms with van der Waals surface area (Å²) in [6, 6.07) is 14.8. The van der Waals surface area contributed by atoms with Gasteiger partial charge in [0.05, 0.1) is 28.2 Å². The fourth-order valence-electron chi connectivity index (χ4n) is 6.60. The molecule has 1 saturated carbocycles. The van der Waals surface area contributed by atoms with Gasteiger partial charge in [-0.05, 0) is 73.2 Å². The van der Waals surface area contributed by atoms with Crippen molar-refractivity contribution < 1.29 is 14.1 Å². The first-order valence-electron chi connectivity index (χ1n) is 15.2. The van der Waals surface area contributed by atoms with Crippen molar-refractivity contribution in [3.05, 3.63) is 80.5 Å². The summed E-state index contributed by atoms with van der Waals surface area (Å²) < 4.78 is 11.4. The molecule has 2 N–H and O–H groups in total. The molecule has 2 saturated heterocycles. The average Bonchev–Trinajstić information content (AvgIpc) is 3.67. The van der Waals surface area contributed by atoms with E-state index in [2.05, 4.69) is 45.0 Å². The number of aromatic nitrogens is 1. The van der Waals surface area contributed by atoms with E-state index in [9.17, 15) is 4.79 Å². The van der Waals surface area contributed by atoms with E-state index < -0.39 is 0 Å². The second kappa shape index (κ2) is 11.8.